The number of nitrogens with zero attached hydrogens (tertiary/aromatic N) is 4. The van der Waals surface area contributed by atoms with Crippen molar-refractivity contribution in [3.63, 3.8) is 0 Å². The van der Waals surface area contributed by atoms with Gasteiger partial charge in [-0.2, -0.15) is 0 Å². The average Bonchev–Trinajstić information content (AvgIpc) is 3.12. The van der Waals surface area contributed by atoms with Crippen molar-refractivity contribution in [2.75, 3.05) is 25.6 Å². The number of rotatable bonds is 7. The first-order valence-corrected chi connectivity index (χ1v) is 9.35. The zero-order chi connectivity index (χ0) is 19.3. The van der Waals surface area contributed by atoms with Crippen molar-refractivity contribution in [3.8, 4) is 17.1 Å². The molecule has 0 atom stereocenters. The van der Waals surface area contributed by atoms with Gasteiger partial charge in [-0.25, -0.2) is 9.97 Å². The molecule has 3 heterocycles. The fraction of sp³-hybridized carbons (Fsp3) is 0.227. The van der Waals surface area contributed by atoms with Gasteiger partial charge in [0.2, 0.25) is 0 Å². The summed E-state index contributed by atoms with van der Waals surface area (Å²) in [5, 5.41) is 3.31. The Morgan fingerprint density at radius 2 is 1.89 bits per heavy atom. The zero-order valence-corrected chi connectivity index (χ0v) is 16.1. The molecule has 0 aliphatic carbocycles. The number of benzene rings is 1. The lowest BCUT2D eigenvalue weighted by Crippen LogP contribution is -2.06. The van der Waals surface area contributed by atoms with Gasteiger partial charge in [0.1, 0.15) is 11.6 Å². The second-order valence-corrected chi connectivity index (χ2v) is 6.68. The standard InChI is InChI=1S/C22H23N5O/c1-16-4-7-18(8-5-16)27-20-15-23-12-10-19(20)26-22(27)17-6-9-21(25-14-17)24-11-3-13-28-2/h4-10,12,14-15H,3,11,13H2,1-2H3,(H,24,25). The number of imidazole rings is 1. The molecule has 28 heavy (non-hydrogen) atoms. The molecule has 0 amide bonds. The molecule has 142 valence electrons. The van der Waals surface area contributed by atoms with Gasteiger partial charge in [0.15, 0.2) is 0 Å². The van der Waals surface area contributed by atoms with E-state index in [1.807, 2.05) is 30.6 Å². The number of nitrogens with one attached hydrogen (secondary N) is 1. The number of aryl methyl sites for hydroxylation is 1. The molecule has 0 unspecified atom stereocenters. The Balaban J connectivity index is 1.70. The maximum absolute atomic E-state index is 5.07. The lowest BCUT2D eigenvalue weighted by Gasteiger charge is -2.10. The topological polar surface area (TPSA) is 64.9 Å². The van der Waals surface area contributed by atoms with E-state index in [0.717, 1.165) is 53.5 Å². The van der Waals surface area contributed by atoms with Crippen molar-refractivity contribution >= 4 is 16.9 Å². The summed E-state index contributed by atoms with van der Waals surface area (Å²) in [5.41, 5.74) is 5.12. The van der Waals surface area contributed by atoms with E-state index in [1.165, 1.54) is 5.56 Å². The molecule has 4 aromatic rings. The van der Waals surface area contributed by atoms with Crippen LogP contribution in [0.1, 0.15) is 12.0 Å². The van der Waals surface area contributed by atoms with Crippen molar-refractivity contribution in [2.24, 2.45) is 0 Å². The Labute approximate surface area is 164 Å². The van der Waals surface area contributed by atoms with E-state index in [1.54, 1.807) is 13.3 Å². The van der Waals surface area contributed by atoms with Gasteiger partial charge in [-0.15, -0.1) is 0 Å². The number of pyridine rings is 2. The molecule has 0 spiro atoms. The maximum atomic E-state index is 5.07. The summed E-state index contributed by atoms with van der Waals surface area (Å²) in [4.78, 5) is 13.7. The quantitative estimate of drug-likeness (QED) is 0.491. The summed E-state index contributed by atoms with van der Waals surface area (Å²) in [6.45, 7) is 3.65. The smallest absolute Gasteiger partial charge is 0.147 e. The average molecular weight is 373 g/mol. The summed E-state index contributed by atoms with van der Waals surface area (Å²) in [5.74, 6) is 1.70. The molecule has 0 aliphatic rings. The van der Waals surface area contributed by atoms with E-state index in [4.69, 9.17) is 9.72 Å². The van der Waals surface area contributed by atoms with Crippen LogP contribution in [0.25, 0.3) is 28.1 Å². The molecule has 0 bridgehead atoms. The SMILES string of the molecule is COCCCNc1ccc(-c2nc3ccncc3n2-c2ccc(C)cc2)cn1. The van der Waals surface area contributed by atoms with Gasteiger partial charge < -0.3 is 10.1 Å². The molecular weight excluding hydrogens is 350 g/mol. The summed E-state index contributed by atoms with van der Waals surface area (Å²) >= 11 is 0. The van der Waals surface area contributed by atoms with E-state index in [9.17, 15) is 0 Å². The first kappa shape index (κ1) is 18.1. The number of aromatic nitrogens is 4. The lowest BCUT2D eigenvalue weighted by atomic mass is 10.2. The number of hydrogen-bond donors (Lipinski definition) is 1. The largest absolute Gasteiger partial charge is 0.385 e. The van der Waals surface area contributed by atoms with Crippen molar-refractivity contribution in [1.29, 1.82) is 0 Å². The minimum Gasteiger partial charge on any atom is -0.385 e. The molecule has 0 fully saturated rings. The number of ether oxygens (including phenoxy) is 1. The van der Waals surface area contributed by atoms with Crippen LogP contribution in [0.2, 0.25) is 0 Å². The number of anilines is 1. The van der Waals surface area contributed by atoms with E-state index in [2.05, 4.69) is 51.0 Å². The molecule has 0 saturated heterocycles. The summed E-state index contributed by atoms with van der Waals surface area (Å²) < 4.78 is 7.20. The van der Waals surface area contributed by atoms with Crippen molar-refractivity contribution in [2.45, 2.75) is 13.3 Å². The van der Waals surface area contributed by atoms with Crippen LogP contribution < -0.4 is 5.32 Å². The number of fused-ring (bicyclic) bond motifs is 1. The van der Waals surface area contributed by atoms with Gasteiger partial charge in [0, 0.05) is 43.9 Å². The first-order chi connectivity index (χ1) is 13.8. The van der Waals surface area contributed by atoms with Crippen LogP contribution >= 0.6 is 0 Å². The highest BCUT2D eigenvalue weighted by Crippen LogP contribution is 2.28. The molecule has 1 N–H and O–H groups in total. The highest BCUT2D eigenvalue weighted by atomic mass is 16.5. The molecule has 0 aliphatic heterocycles. The molecule has 6 heteroatoms. The van der Waals surface area contributed by atoms with Crippen LogP contribution in [0.4, 0.5) is 5.82 Å². The summed E-state index contributed by atoms with van der Waals surface area (Å²) in [6.07, 6.45) is 6.42. The second-order valence-electron chi connectivity index (χ2n) is 6.68. The minimum absolute atomic E-state index is 0.736. The highest BCUT2D eigenvalue weighted by Gasteiger charge is 2.14. The minimum atomic E-state index is 0.736. The predicted octanol–water partition coefficient (Wildman–Crippen LogP) is 4.24. The lowest BCUT2D eigenvalue weighted by molar-refractivity contribution is 0.198. The zero-order valence-electron chi connectivity index (χ0n) is 16.1. The van der Waals surface area contributed by atoms with Crippen molar-refractivity contribution < 1.29 is 4.74 Å². The fourth-order valence-electron chi connectivity index (χ4n) is 3.14. The van der Waals surface area contributed by atoms with Crippen LogP contribution in [-0.2, 0) is 4.74 Å². The van der Waals surface area contributed by atoms with E-state index >= 15 is 0 Å². The van der Waals surface area contributed by atoms with Gasteiger partial charge in [-0.1, -0.05) is 17.7 Å². The van der Waals surface area contributed by atoms with Crippen LogP contribution in [-0.4, -0.2) is 39.8 Å². The highest BCUT2D eigenvalue weighted by molar-refractivity contribution is 5.82. The normalized spacial score (nSPS) is 11.1. The monoisotopic (exact) mass is 373 g/mol. The van der Waals surface area contributed by atoms with E-state index in [0.29, 0.717) is 0 Å². The Kier molecular flexibility index (Phi) is 5.30. The molecule has 0 radical (unpaired) electrons. The Bertz CT molecular complexity index is 1050. The third-order valence-electron chi connectivity index (χ3n) is 4.60. The molecule has 3 aromatic heterocycles. The number of hydrogen-bond acceptors (Lipinski definition) is 5. The third-order valence-corrected chi connectivity index (χ3v) is 4.60. The summed E-state index contributed by atoms with van der Waals surface area (Å²) in [7, 11) is 1.71. The molecule has 0 saturated carbocycles. The van der Waals surface area contributed by atoms with Crippen LogP contribution in [0.15, 0.2) is 61.1 Å². The van der Waals surface area contributed by atoms with Crippen LogP contribution in [0, 0.1) is 6.92 Å². The Morgan fingerprint density at radius 3 is 2.64 bits per heavy atom. The fourth-order valence-corrected chi connectivity index (χ4v) is 3.14. The molecule has 6 nitrogen and oxygen atoms in total. The van der Waals surface area contributed by atoms with Gasteiger partial charge in [-0.3, -0.25) is 9.55 Å². The van der Waals surface area contributed by atoms with E-state index in [-0.39, 0.29) is 0 Å². The van der Waals surface area contributed by atoms with Crippen LogP contribution in [0.3, 0.4) is 0 Å². The Morgan fingerprint density at radius 1 is 1.04 bits per heavy atom. The van der Waals surface area contributed by atoms with Gasteiger partial charge in [0.05, 0.1) is 17.2 Å². The molecule has 4 rings (SSSR count). The van der Waals surface area contributed by atoms with E-state index < -0.39 is 0 Å². The van der Waals surface area contributed by atoms with Gasteiger partial charge >= 0.3 is 0 Å². The third kappa shape index (κ3) is 3.73. The number of methoxy groups -OCH3 is 1. The first-order valence-electron chi connectivity index (χ1n) is 9.35. The molecular formula is C22H23N5O. The van der Waals surface area contributed by atoms with Crippen molar-refractivity contribution in [3.05, 3.63) is 66.6 Å². The summed E-state index contributed by atoms with van der Waals surface area (Å²) in [6, 6.07) is 14.4. The van der Waals surface area contributed by atoms with Crippen LogP contribution in [0.5, 0.6) is 0 Å². The van der Waals surface area contributed by atoms with Gasteiger partial charge in [0.25, 0.3) is 0 Å². The van der Waals surface area contributed by atoms with Crippen molar-refractivity contribution in [1.82, 2.24) is 19.5 Å². The molecule has 1 aromatic carbocycles. The second kappa shape index (κ2) is 8.19. The van der Waals surface area contributed by atoms with Gasteiger partial charge in [-0.05, 0) is 43.7 Å². The maximum Gasteiger partial charge on any atom is 0.147 e. The predicted molar refractivity (Wildman–Crippen MR) is 112 cm³/mol. The Hall–Kier alpha value is -3.25.